The molecule has 0 saturated carbocycles. The van der Waals surface area contributed by atoms with Gasteiger partial charge in [0.15, 0.2) is 0 Å². The summed E-state index contributed by atoms with van der Waals surface area (Å²) in [5, 5.41) is 0. The molecule has 3 nitrogen and oxygen atoms in total. The molecule has 2 atom stereocenters. The summed E-state index contributed by atoms with van der Waals surface area (Å²) in [7, 11) is 0. The van der Waals surface area contributed by atoms with Crippen LogP contribution >= 0.6 is 0 Å². The van der Waals surface area contributed by atoms with Crippen LogP contribution < -0.4 is 0 Å². The number of H-pyrrole nitrogens is 1. The maximum absolute atomic E-state index is 4.73. The summed E-state index contributed by atoms with van der Waals surface area (Å²) in [5.41, 5.74) is 2.22. The average Bonchev–Trinajstić information content (AvgIpc) is 2.82. The first kappa shape index (κ1) is 11.7. The molecule has 1 N–H and O–H groups in total. The van der Waals surface area contributed by atoms with Gasteiger partial charge in [-0.2, -0.15) is 0 Å². The molecule has 18 heavy (non-hydrogen) atoms. The summed E-state index contributed by atoms with van der Waals surface area (Å²) in [4.78, 5) is 10.8. The van der Waals surface area contributed by atoms with E-state index in [-0.39, 0.29) is 0 Å². The summed E-state index contributed by atoms with van der Waals surface area (Å²) < 4.78 is 0. The van der Waals surface area contributed by atoms with Crippen LogP contribution in [-0.4, -0.2) is 27.5 Å². The molecule has 2 heterocycles. The van der Waals surface area contributed by atoms with Gasteiger partial charge in [0, 0.05) is 6.04 Å². The summed E-state index contributed by atoms with van der Waals surface area (Å²) in [5.74, 6) is 1.10. The zero-order valence-electron chi connectivity index (χ0n) is 11.2. The van der Waals surface area contributed by atoms with Gasteiger partial charge in [-0.1, -0.05) is 18.6 Å². The fraction of sp³-hybridized carbons (Fsp3) is 0.533. The molecule has 1 aliphatic heterocycles. The van der Waals surface area contributed by atoms with Crippen LogP contribution in [0.4, 0.5) is 0 Å². The normalized spacial score (nSPS) is 23.3. The lowest BCUT2D eigenvalue weighted by Crippen LogP contribution is -2.39. The molecule has 3 rings (SSSR count). The van der Waals surface area contributed by atoms with Crippen LogP contribution in [0.1, 0.15) is 45.0 Å². The minimum absolute atomic E-state index is 0.382. The third kappa shape index (κ3) is 2.03. The molecule has 2 aromatic rings. The summed E-state index contributed by atoms with van der Waals surface area (Å²) in [6.07, 6.45) is 3.99. The Morgan fingerprint density at radius 2 is 2.17 bits per heavy atom. The van der Waals surface area contributed by atoms with Gasteiger partial charge in [-0.25, -0.2) is 4.98 Å². The summed E-state index contributed by atoms with van der Waals surface area (Å²) in [6, 6.07) is 9.31. The molecular formula is C15H21N3. The molecule has 1 aromatic carbocycles. The van der Waals surface area contributed by atoms with E-state index in [1.807, 2.05) is 6.07 Å². The van der Waals surface area contributed by atoms with Crippen LogP contribution in [0.5, 0.6) is 0 Å². The molecule has 0 spiro atoms. The van der Waals surface area contributed by atoms with E-state index >= 15 is 0 Å². The summed E-state index contributed by atoms with van der Waals surface area (Å²) >= 11 is 0. The van der Waals surface area contributed by atoms with E-state index in [1.165, 1.54) is 25.8 Å². The summed E-state index contributed by atoms with van der Waals surface area (Å²) in [6.45, 7) is 5.79. The van der Waals surface area contributed by atoms with Gasteiger partial charge < -0.3 is 4.98 Å². The monoisotopic (exact) mass is 243 g/mol. The maximum Gasteiger partial charge on any atom is 0.124 e. The lowest BCUT2D eigenvalue weighted by molar-refractivity contribution is 0.110. The van der Waals surface area contributed by atoms with Gasteiger partial charge in [-0.15, -0.1) is 0 Å². The van der Waals surface area contributed by atoms with Crippen molar-refractivity contribution in [2.45, 2.75) is 45.2 Å². The predicted octanol–water partition coefficient (Wildman–Crippen LogP) is 3.50. The number of imidazole rings is 1. The van der Waals surface area contributed by atoms with Crippen molar-refractivity contribution in [2.75, 3.05) is 6.54 Å². The van der Waals surface area contributed by atoms with Crippen molar-refractivity contribution in [2.24, 2.45) is 0 Å². The van der Waals surface area contributed by atoms with Gasteiger partial charge in [0.1, 0.15) is 5.82 Å². The van der Waals surface area contributed by atoms with Crippen LogP contribution in [0, 0.1) is 0 Å². The molecule has 0 aliphatic carbocycles. The van der Waals surface area contributed by atoms with Gasteiger partial charge in [0.25, 0.3) is 0 Å². The van der Waals surface area contributed by atoms with Gasteiger partial charge in [-0.3, -0.25) is 4.90 Å². The molecule has 3 heteroatoms. The maximum atomic E-state index is 4.73. The van der Waals surface area contributed by atoms with E-state index in [9.17, 15) is 0 Å². The Balaban J connectivity index is 1.88. The van der Waals surface area contributed by atoms with Crippen LogP contribution in [0.3, 0.4) is 0 Å². The Labute approximate surface area is 108 Å². The highest BCUT2D eigenvalue weighted by Gasteiger charge is 2.25. The van der Waals surface area contributed by atoms with Crippen molar-refractivity contribution >= 4 is 11.0 Å². The number of para-hydroxylation sites is 2. The first-order valence-corrected chi connectivity index (χ1v) is 6.96. The minimum atomic E-state index is 0.382. The standard InChI is InChI=1S/C15H21N3/c1-11-7-5-6-10-18(11)12(2)15-16-13-8-3-4-9-14(13)17-15/h3-4,8-9,11-12H,5-7,10H2,1-2H3,(H,16,17). The van der Waals surface area contributed by atoms with Crippen molar-refractivity contribution in [3.63, 3.8) is 0 Å². The topological polar surface area (TPSA) is 31.9 Å². The van der Waals surface area contributed by atoms with Crippen molar-refractivity contribution in [3.8, 4) is 0 Å². The zero-order chi connectivity index (χ0) is 12.5. The fourth-order valence-electron chi connectivity index (χ4n) is 3.02. The fourth-order valence-corrected chi connectivity index (χ4v) is 3.02. The number of likely N-dealkylation sites (tertiary alicyclic amines) is 1. The number of aromatic amines is 1. The molecule has 0 bridgehead atoms. The van der Waals surface area contributed by atoms with Crippen molar-refractivity contribution in [1.29, 1.82) is 0 Å². The van der Waals surface area contributed by atoms with Crippen molar-refractivity contribution in [3.05, 3.63) is 30.1 Å². The van der Waals surface area contributed by atoms with Gasteiger partial charge >= 0.3 is 0 Å². The highest BCUT2D eigenvalue weighted by Crippen LogP contribution is 2.27. The SMILES string of the molecule is CC1CCCCN1C(C)c1nc2ccccc2[nH]1. The van der Waals surface area contributed by atoms with Crippen LogP contribution in [0.2, 0.25) is 0 Å². The molecule has 1 aliphatic rings. The molecule has 1 fully saturated rings. The lowest BCUT2D eigenvalue weighted by Gasteiger charge is -2.37. The van der Waals surface area contributed by atoms with E-state index in [1.54, 1.807) is 0 Å². The predicted molar refractivity (Wildman–Crippen MR) is 74.5 cm³/mol. The molecule has 0 radical (unpaired) electrons. The van der Waals surface area contributed by atoms with E-state index < -0.39 is 0 Å². The minimum Gasteiger partial charge on any atom is -0.341 e. The first-order valence-electron chi connectivity index (χ1n) is 6.96. The van der Waals surface area contributed by atoms with Crippen molar-refractivity contribution < 1.29 is 0 Å². The number of piperidine rings is 1. The Kier molecular flexibility index (Phi) is 3.08. The number of rotatable bonds is 2. The number of nitrogens with one attached hydrogen (secondary N) is 1. The number of aromatic nitrogens is 2. The number of hydrogen-bond donors (Lipinski definition) is 1. The average molecular weight is 243 g/mol. The largest absolute Gasteiger partial charge is 0.341 e. The molecule has 2 unspecified atom stereocenters. The Morgan fingerprint density at radius 1 is 1.33 bits per heavy atom. The number of benzene rings is 1. The Morgan fingerprint density at radius 3 is 2.94 bits per heavy atom. The number of fused-ring (bicyclic) bond motifs is 1. The van der Waals surface area contributed by atoms with Crippen molar-refractivity contribution in [1.82, 2.24) is 14.9 Å². The van der Waals surface area contributed by atoms with Crippen LogP contribution in [-0.2, 0) is 0 Å². The lowest BCUT2D eigenvalue weighted by atomic mass is 10.0. The third-order valence-corrected chi connectivity index (χ3v) is 4.16. The zero-order valence-corrected chi connectivity index (χ0v) is 11.2. The van der Waals surface area contributed by atoms with Gasteiger partial charge in [0.2, 0.25) is 0 Å². The van der Waals surface area contributed by atoms with E-state index in [4.69, 9.17) is 4.98 Å². The van der Waals surface area contributed by atoms with Crippen LogP contribution in [0.25, 0.3) is 11.0 Å². The second kappa shape index (κ2) is 4.73. The third-order valence-electron chi connectivity index (χ3n) is 4.16. The van der Waals surface area contributed by atoms with E-state index in [0.717, 1.165) is 16.9 Å². The molecular weight excluding hydrogens is 222 g/mol. The molecule has 96 valence electrons. The van der Waals surface area contributed by atoms with Gasteiger partial charge in [0.05, 0.1) is 17.1 Å². The van der Waals surface area contributed by atoms with Crippen LogP contribution in [0.15, 0.2) is 24.3 Å². The number of nitrogens with zero attached hydrogens (tertiary/aromatic N) is 2. The first-order chi connectivity index (χ1) is 8.75. The Bertz CT molecular complexity index is 498. The number of hydrogen-bond acceptors (Lipinski definition) is 2. The second-order valence-corrected chi connectivity index (χ2v) is 5.40. The highest BCUT2D eigenvalue weighted by atomic mass is 15.2. The molecule has 1 aromatic heterocycles. The Hall–Kier alpha value is -1.35. The highest BCUT2D eigenvalue weighted by molar-refractivity contribution is 5.74. The molecule has 0 amide bonds. The second-order valence-electron chi connectivity index (χ2n) is 5.40. The smallest absolute Gasteiger partial charge is 0.124 e. The molecule has 1 saturated heterocycles. The van der Waals surface area contributed by atoms with Gasteiger partial charge in [-0.05, 0) is 45.4 Å². The van der Waals surface area contributed by atoms with E-state index in [2.05, 4.69) is 41.9 Å². The quantitative estimate of drug-likeness (QED) is 0.875. The van der Waals surface area contributed by atoms with E-state index in [0.29, 0.717) is 12.1 Å².